The molecule has 1 N–H and O–H groups in total. The highest BCUT2D eigenvalue weighted by atomic mass is 16.5. The molecule has 92 valence electrons. The average Bonchev–Trinajstić information content (AvgIpc) is 2.30. The van der Waals surface area contributed by atoms with E-state index in [4.69, 9.17) is 10.00 Å². The highest BCUT2D eigenvalue weighted by Crippen LogP contribution is 2.17. The number of hydrogen-bond donors (Lipinski definition) is 1. The van der Waals surface area contributed by atoms with Gasteiger partial charge in [0.15, 0.2) is 0 Å². The fraction of sp³-hybridized carbons (Fsp3) is 0.923. The topological polar surface area (TPSA) is 45.0 Å². The first-order valence-corrected chi connectivity index (χ1v) is 6.58. The molecule has 0 saturated carbocycles. The zero-order valence-electron chi connectivity index (χ0n) is 10.4. The van der Waals surface area contributed by atoms with Crippen LogP contribution in [0, 0.1) is 11.3 Å². The van der Waals surface area contributed by atoms with Gasteiger partial charge in [-0.2, -0.15) is 5.26 Å². The van der Waals surface area contributed by atoms with Crippen molar-refractivity contribution in [2.75, 3.05) is 13.2 Å². The minimum absolute atomic E-state index is 0.468. The van der Waals surface area contributed by atoms with Crippen molar-refractivity contribution in [1.29, 1.82) is 5.26 Å². The van der Waals surface area contributed by atoms with E-state index < -0.39 is 0 Å². The largest absolute Gasteiger partial charge is 0.378 e. The zero-order chi connectivity index (χ0) is 11.6. The van der Waals surface area contributed by atoms with Gasteiger partial charge in [-0.25, -0.2) is 0 Å². The van der Waals surface area contributed by atoms with E-state index in [1.807, 2.05) is 0 Å². The van der Waals surface area contributed by atoms with Gasteiger partial charge in [0, 0.05) is 19.1 Å². The van der Waals surface area contributed by atoms with Crippen LogP contribution in [0.1, 0.15) is 51.9 Å². The molecule has 1 fully saturated rings. The van der Waals surface area contributed by atoms with Crippen LogP contribution >= 0.6 is 0 Å². The molecule has 3 heteroatoms. The molecule has 1 heterocycles. The second-order valence-corrected chi connectivity index (χ2v) is 4.57. The molecule has 0 aromatic heterocycles. The SMILES string of the molecule is CCCC1CC(NCCCCC#N)CCO1. The lowest BCUT2D eigenvalue weighted by Gasteiger charge is -2.30. The molecule has 0 spiro atoms. The number of nitrogens with zero attached hydrogens (tertiary/aromatic N) is 1. The molecule has 0 bridgehead atoms. The monoisotopic (exact) mass is 224 g/mol. The van der Waals surface area contributed by atoms with Crippen LogP contribution in [0.15, 0.2) is 0 Å². The van der Waals surface area contributed by atoms with Gasteiger partial charge in [-0.05, 0) is 38.6 Å². The van der Waals surface area contributed by atoms with Crippen molar-refractivity contribution in [1.82, 2.24) is 5.32 Å². The molecule has 1 saturated heterocycles. The minimum Gasteiger partial charge on any atom is -0.378 e. The second-order valence-electron chi connectivity index (χ2n) is 4.57. The van der Waals surface area contributed by atoms with E-state index in [0.29, 0.717) is 18.6 Å². The summed E-state index contributed by atoms with van der Waals surface area (Å²) in [6, 6.07) is 2.81. The van der Waals surface area contributed by atoms with Crippen molar-refractivity contribution in [2.45, 2.75) is 64.0 Å². The van der Waals surface area contributed by atoms with Crippen molar-refractivity contribution < 1.29 is 4.74 Å². The Balaban J connectivity index is 2.05. The third-order valence-corrected chi connectivity index (χ3v) is 3.13. The Morgan fingerprint density at radius 1 is 1.44 bits per heavy atom. The first kappa shape index (κ1) is 13.5. The summed E-state index contributed by atoms with van der Waals surface area (Å²) in [5.41, 5.74) is 0. The van der Waals surface area contributed by atoms with Crippen LogP contribution in [0.3, 0.4) is 0 Å². The molecule has 16 heavy (non-hydrogen) atoms. The maximum absolute atomic E-state index is 8.42. The summed E-state index contributed by atoms with van der Waals surface area (Å²) in [5.74, 6) is 0. The lowest BCUT2D eigenvalue weighted by molar-refractivity contribution is -0.00310. The lowest BCUT2D eigenvalue weighted by Crippen LogP contribution is -2.39. The van der Waals surface area contributed by atoms with Crippen LogP contribution in [0.25, 0.3) is 0 Å². The minimum atomic E-state index is 0.468. The van der Waals surface area contributed by atoms with Gasteiger partial charge in [0.25, 0.3) is 0 Å². The average molecular weight is 224 g/mol. The molecule has 0 aliphatic carbocycles. The lowest BCUT2D eigenvalue weighted by atomic mass is 10.00. The number of rotatable bonds is 7. The molecule has 0 aromatic rings. The van der Waals surface area contributed by atoms with Gasteiger partial charge < -0.3 is 10.1 Å². The third kappa shape index (κ3) is 5.48. The molecule has 0 amide bonds. The fourth-order valence-corrected chi connectivity index (χ4v) is 2.22. The smallest absolute Gasteiger partial charge is 0.0621 e. The first-order chi connectivity index (χ1) is 7.86. The molecular weight excluding hydrogens is 200 g/mol. The van der Waals surface area contributed by atoms with Crippen molar-refractivity contribution in [2.24, 2.45) is 0 Å². The van der Waals surface area contributed by atoms with E-state index in [1.165, 1.54) is 12.8 Å². The first-order valence-electron chi connectivity index (χ1n) is 6.58. The summed E-state index contributed by atoms with van der Waals surface area (Å²) in [4.78, 5) is 0. The van der Waals surface area contributed by atoms with Crippen LogP contribution in [0.2, 0.25) is 0 Å². The summed E-state index contributed by atoms with van der Waals surface area (Å²) < 4.78 is 5.71. The fourth-order valence-electron chi connectivity index (χ4n) is 2.22. The van der Waals surface area contributed by atoms with Gasteiger partial charge >= 0.3 is 0 Å². The Morgan fingerprint density at radius 2 is 2.31 bits per heavy atom. The number of nitriles is 1. The summed E-state index contributed by atoms with van der Waals surface area (Å²) >= 11 is 0. The predicted molar refractivity (Wildman–Crippen MR) is 65.1 cm³/mol. The second kappa shape index (κ2) is 8.55. The molecule has 3 nitrogen and oxygen atoms in total. The summed E-state index contributed by atoms with van der Waals surface area (Å²) in [6.07, 6.45) is 7.98. The summed E-state index contributed by atoms with van der Waals surface area (Å²) in [7, 11) is 0. The molecule has 2 unspecified atom stereocenters. The Kier molecular flexibility index (Phi) is 7.20. The zero-order valence-corrected chi connectivity index (χ0v) is 10.4. The highest BCUT2D eigenvalue weighted by Gasteiger charge is 2.20. The van der Waals surface area contributed by atoms with Gasteiger partial charge in [0.1, 0.15) is 0 Å². The number of hydrogen-bond acceptors (Lipinski definition) is 3. The highest BCUT2D eigenvalue weighted by molar-refractivity contribution is 4.77. The normalized spacial score (nSPS) is 25.2. The molecule has 0 aromatic carbocycles. The Bertz CT molecular complexity index is 210. The quantitative estimate of drug-likeness (QED) is 0.676. The van der Waals surface area contributed by atoms with Gasteiger partial charge in [0.05, 0.1) is 12.2 Å². The third-order valence-electron chi connectivity index (χ3n) is 3.13. The van der Waals surface area contributed by atoms with Gasteiger partial charge in [-0.3, -0.25) is 0 Å². The Hall–Kier alpha value is -0.590. The van der Waals surface area contributed by atoms with E-state index in [2.05, 4.69) is 18.3 Å². The van der Waals surface area contributed by atoms with Crippen molar-refractivity contribution in [3.8, 4) is 6.07 Å². The molecular formula is C13H24N2O. The molecule has 1 aliphatic rings. The van der Waals surface area contributed by atoms with Gasteiger partial charge in [-0.1, -0.05) is 13.3 Å². The van der Waals surface area contributed by atoms with Crippen molar-refractivity contribution in [3.05, 3.63) is 0 Å². The molecule has 1 aliphatic heterocycles. The number of unbranched alkanes of at least 4 members (excludes halogenated alkanes) is 2. The van der Waals surface area contributed by atoms with E-state index in [0.717, 1.165) is 38.8 Å². The summed E-state index contributed by atoms with van der Waals surface area (Å²) in [5, 5.41) is 12.0. The van der Waals surface area contributed by atoms with Crippen LogP contribution < -0.4 is 5.32 Å². The van der Waals surface area contributed by atoms with E-state index in [-0.39, 0.29) is 0 Å². The van der Waals surface area contributed by atoms with E-state index >= 15 is 0 Å². The maximum Gasteiger partial charge on any atom is 0.0621 e. The van der Waals surface area contributed by atoms with Crippen LogP contribution in [-0.4, -0.2) is 25.3 Å². The summed E-state index contributed by atoms with van der Waals surface area (Å²) in [6.45, 7) is 4.16. The van der Waals surface area contributed by atoms with Crippen LogP contribution in [0.4, 0.5) is 0 Å². The van der Waals surface area contributed by atoms with Crippen molar-refractivity contribution in [3.63, 3.8) is 0 Å². The molecule has 1 rings (SSSR count). The Morgan fingerprint density at radius 3 is 3.06 bits per heavy atom. The molecule has 0 radical (unpaired) electrons. The van der Waals surface area contributed by atoms with E-state index in [9.17, 15) is 0 Å². The predicted octanol–water partition coefficient (Wildman–Crippen LogP) is 2.62. The van der Waals surface area contributed by atoms with Crippen molar-refractivity contribution >= 4 is 0 Å². The maximum atomic E-state index is 8.42. The Labute approximate surface area is 99.2 Å². The molecule has 2 atom stereocenters. The van der Waals surface area contributed by atoms with Crippen LogP contribution in [0.5, 0.6) is 0 Å². The standard InChI is InChI=1S/C13H24N2O/c1-2-6-13-11-12(7-10-16-13)15-9-5-3-4-8-14/h12-13,15H,2-7,9-11H2,1H3. The van der Waals surface area contributed by atoms with Gasteiger partial charge in [-0.15, -0.1) is 0 Å². The van der Waals surface area contributed by atoms with Crippen LogP contribution in [-0.2, 0) is 4.74 Å². The van der Waals surface area contributed by atoms with Gasteiger partial charge in [0.2, 0.25) is 0 Å². The number of nitrogens with one attached hydrogen (secondary N) is 1. The van der Waals surface area contributed by atoms with E-state index in [1.54, 1.807) is 0 Å². The number of ether oxygens (including phenoxy) is 1.